The summed E-state index contributed by atoms with van der Waals surface area (Å²) in [6.07, 6.45) is 0. The molecule has 0 aliphatic carbocycles. The molecule has 0 amide bonds. The molecule has 0 saturated heterocycles. The lowest BCUT2D eigenvalue weighted by atomic mass is 10.4. The zero-order valence-electron chi connectivity index (χ0n) is 6.61. The number of hydrogen-bond donors (Lipinski definition) is 1. The SMILES string of the molecule is COc1cc(Br)sc1-c1nn[nH]n1. The fourth-order valence-electron chi connectivity index (χ4n) is 0.911. The van der Waals surface area contributed by atoms with E-state index in [1.807, 2.05) is 6.07 Å². The topological polar surface area (TPSA) is 63.7 Å². The van der Waals surface area contributed by atoms with Crippen LogP contribution >= 0.6 is 27.3 Å². The zero-order valence-corrected chi connectivity index (χ0v) is 9.02. The van der Waals surface area contributed by atoms with Gasteiger partial charge < -0.3 is 4.74 Å². The molecule has 2 heterocycles. The Morgan fingerprint density at radius 2 is 2.46 bits per heavy atom. The highest BCUT2D eigenvalue weighted by Gasteiger charge is 2.13. The molecule has 2 rings (SSSR count). The van der Waals surface area contributed by atoms with Crippen LogP contribution in [0.3, 0.4) is 0 Å². The number of rotatable bonds is 2. The van der Waals surface area contributed by atoms with Gasteiger partial charge in [-0.2, -0.15) is 5.21 Å². The second kappa shape index (κ2) is 3.43. The van der Waals surface area contributed by atoms with Crippen molar-refractivity contribution in [1.82, 2.24) is 20.6 Å². The molecule has 0 unspecified atom stereocenters. The lowest BCUT2D eigenvalue weighted by molar-refractivity contribution is 0.417. The summed E-state index contributed by atoms with van der Waals surface area (Å²) in [5, 5.41) is 13.6. The summed E-state index contributed by atoms with van der Waals surface area (Å²) in [5.41, 5.74) is 0. The van der Waals surface area contributed by atoms with Gasteiger partial charge in [0.1, 0.15) is 10.6 Å². The Morgan fingerprint density at radius 3 is 3.08 bits per heavy atom. The molecule has 0 saturated carbocycles. The van der Waals surface area contributed by atoms with Crippen LogP contribution in [0.4, 0.5) is 0 Å². The molecular formula is C6H5BrN4OS. The summed E-state index contributed by atoms with van der Waals surface area (Å²) in [4.78, 5) is 0.864. The first-order valence-electron chi connectivity index (χ1n) is 3.38. The molecule has 0 aromatic carbocycles. The van der Waals surface area contributed by atoms with Crippen molar-refractivity contribution in [3.05, 3.63) is 9.85 Å². The van der Waals surface area contributed by atoms with Gasteiger partial charge in [-0.25, -0.2) is 0 Å². The molecule has 68 valence electrons. The van der Waals surface area contributed by atoms with Crippen molar-refractivity contribution in [2.45, 2.75) is 0 Å². The molecule has 0 aliphatic heterocycles. The molecule has 2 aromatic heterocycles. The average molecular weight is 261 g/mol. The van der Waals surface area contributed by atoms with Crippen LogP contribution in [0.2, 0.25) is 0 Å². The minimum atomic E-state index is 0.549. The zero-order chi connectivity index (χ0) is 9.26. The molecule has 0 radical (unpaired) electrons. The van der Waals surface area contributed by atoms with Crippen molar-refractivity contribution < 1.29 is 4.74 Å². The number of hydrogen-bond acceptors (Lipinski definition) is 5. The highest BCUT2D eigenvalue weighted by molar-refractivity contribution is 9.11. The molecule has 0 bridgehead atoms. The van der Waals surface area contributed by atoms with Gasteiger partial charge >= 0.3 is 0 Å². The normalized spacial score (nSPS) is 10.3. The smallest absolute Gasteiger partial charge is 0.218 e. The number of tetrazole rings is 1. The van der Waals surface area contributed by atoms with Crippen LogP contribution in [0.25, 0.3) is 10.7 Å². The van der Waals surface area contributed by atoms with E-state index in [1.165, 1.54) is 11.3 Å². The van der Waals surface area contributed by atoms with Crippen LogP contribution in [0.5, 0.6) is 5.75 Å². The van der Waals surface area contributed by atoms with Gasteiger partial charge in [-0.05, 0) is 21.1 Å². The number of halogens is 1. The Hall–Kier alpha value is -0.950. The molecule has 7 heteroatoms. The van der Waals surface area contributed by atoms with Gasteiger partial charge in [0, 0.05) is 6.07 Å². The second-order valence-corrected chi connectivity index (χ2v) is 4.61. The Kier molecular flexibility index (Phi) is 2.28. The van der Waals surface area contributed by atoms with E-state index in [2.05, 4.69) is 36.6 Å². The van der Waals surface area contributed by atoms with Crippen LogP contribution < -0.4 is 4.74 Å². The maximum absolute atomic E-state index is 5.15. The molecular weight excluding hydrogens is 256 g/mol. The number of ether oxygens (including phenoxy) is 1. The van der Waals surface area contributed by atoms with Crippen LogP contribution in [0.15, 0.2) is 9.85 Å². The first-order valence-corrected chi connectivity index (χ1v) is 4.99. The standard InChI is InChI=1S/C6H5BrN4OS/c1-12-3-2-4(7)13-5(3)6-8-10-11-9-6/h2H,1H3,(H,8,9,10,11). The summed E-state index contributed by atoms with van der Waals surface area (Å²) in [6, 6.07) is 1.87. The van der Waals surface area contributed by atoms with E-state index in [0.717, 1.165) is 14.4 Å². The highest BCUT2D eigenvalue weighted by Crippen LogP contribution is 2.38. The van der Waals surface area contributed by atoms with E-state index in [4.69, 9.17) is 4.74 Å². The van der Waals surface area contributed by atoms with Crippen molar-refractivity contribution in [2.75, 3.05) is 7.11 Å². The van der Waals surface area contributed by atoms with E-state index in [0.29, 0.717) is 5.82 Å². The molecule has 1 N–H and O–H groups in total. The van der Waals surface area contributed by atoms with E-state index in [-0.39, 0.29) is 0 Å². The van der Waals surface area contributed by atoms with E-state index >= 15 is 0 Å². The third-order valence-corrected chi connectivity index (χ3v) is 3.05. The number of thiophene rings is 1. The number of aromatic nitrogens is 4. The third kappa shape index (κ3) is 1.56. The van der Waals surface area contributed by atoms with E-state index in [9.17, 15) is 0 Å². The van der Waals surface area contributed by atoms with Gasteiger partial charge in [0.15, 0.2) is 0 Å². The second-order valence-electron chi connectivity index (χ2n) is 2.18. The predicted molar refractivity (Wildman–Crippen MR) is 51.7 cm³/mol. The Labute approximate surface area is 86.2 Å². The average Bonchev–Trinajstić information content (AvgIpc) is 2.71. The molecule has 0 atom stereocenters. The van der Waals surface area contributed by atoms with Gasteiger partial charge in [0.05, 0.1) is 10.9 Å². The van der Waals surface area contributed by atoms with Crippen molar-refractivity contribution in [1.29, 1.82) is 0 Å². The largest absolute Gasteiger partial charge is 0.495 e. The summed E-state index contributed by atoms with van der Waals surface area (Å²) >= 11 is 4.87. The van der Waals surface area contributed by atoms with Gasteiger partial charge in [-0.1, -0.05) is 0 Å². The number of nitrogens with one attached hydrogen (secondary N) is 1. The molecule has 0 spiro atoms. The lowest BCUT2D eigenvalue weighted by Gasteiger charge is -1.95. The summed E-state index contributed by atoms with van der Waals surface area (Å²) in [6.45, 7) is 0. The van der Waals surface area contributed by atoms with Crippen molar-refractivity contribution in [3.8, 4) is 16.5 Å². The lowest BCUT2D eigenvalue weighted by Crippen LogP contribution is -1.83. The van der Waals surface area contributed by atoms with Crippen LogP contribution in [0, 0.1) is 0 Å². The predicted octanol–water partition coefficient (Wildman–Crippen LogP) is 1.70. The van der Waals surface area contributed by atoms with Crippen molar-refractivity contribution >= 4 is 27.3 Å². The van der Waals surface area contributed by atoms with Crippen LogP contribution in [-0.2, 0) is 0 Å². The summed E-state index contributed by atoms with van der Waals surface area (Å²) in [7, 11) is 1.61. The molecule has 0 aliphatic rings. The molecule has 0 fully saturated rings. The Morgan fingerprint density at radius 1 is 1.62 bits per heavy atom. The number of H-pyrrole nitrogens is 1. The van der Waals surface area contributed by atoms with E-state index in [1.54, 1.807) is 7.11 Å². The molecule has 13 heavy (non-hydrogen) atoms. The number of methoxy groups -OCH3 is 1. The third-order valence-electron chi connectivity index (χ3n) is 1.44. The number of nitrogens with zero attached hydrogens (tertiary/aromatic N) is 3. The van der Waals surface area contributed by atoms with Gasteiger partial charge in [0.2, 0.25) is 5.82 Å². The minimum absolute atomic E-state index is 0.549. The maximum atomic E-state index is 5.15. The maximum Gasteiger partial charge on any atom is 0.218 e. The summed E-state index contributed by atoms with van der Waals surface area (Å²) in [5.74, 6) is 1.30. The first-order chi connectivity index (χ1) is 6.31. The van der Waals surface area contributed by atoms with Gasteiger partial charge in [0.25, 0.3) is 0 Å². The van der Waals surface area contributed by atoms with Crippen LogP contribution in [0.1, 0.15) is 0 Å². The van der Waals surface area contributed by atoms with Crippen molar-refractivity contribution in [2.24, 2.45) is 0 Å². The quantitative estimate of drug-likeness (QED) is 0.893. The monoisotopic (exact) mass is 260 g/mol. The van der Waals surface area contributed by atoms with Crippen LogP contribution in [-0.4, -0.2) is 27.7 Å². The fraction of sp³-hybridized carbons (Fsp3) is 0.167. The van der Waals surface area contributed by atoms with E-state index < -0.39 is 0 Å². The minimum Gasteiger partial charge on any atom is -0.495 e. The van der Waals surface area contributed by atoms with Gasteiger partial charge in [-0.3, -0.25) is 0 Å². The Balaban J connectivity index is 2.50. The Bertz CT molecular complexity index is 399. The fourth-order valence-corrected chi connectivity index (χ4v) is 2.39. The number of aromatic amines is 1. The van der Waals surface area contributed by atoms with Gasteiger partial charge in [-0.15, -0.1) is 21.5 Å². The first kappa shape index (κ1) is 8.64. The molecule has 2 aromatic rings. The van der Waals surface area contributed by atoms with Crippen molar-refractivity contribution in [3.63, 3.8) is 0 Å². The highest BCUT2D eigenvalue weighted by atomic mass is 79.9. The summed E-state index contributed by atoms with van der Waals surface area (Å²) < 4.78 is 6.12. The molecule has 5 nitrogen and oxygen atoms in total.